The molecule has 0 saturated heterocycles. The van der Waals surface area contributed by atoms with Crippen molar-refractivity contribution in [1.29, 1.82) is 5.26 Å². The second-order valence-electron chi connectivity index (χ2n) is 3.91. The SMILES string of the molecule is COc1cc(C#N)ccc1Oc1ccc(C(=O)O)cc1. The summed E-state index contributed by atoms with van der Waals surface area (Å²) in [6.45, 7) is 0. The van der Waals surface area contributed by atoms with Crippen molar-refractivity contribution in [3.63, 3.8) is 0 Å². The Labute approximate surface area is 115 Å². The minimum Gasteiger partial charge on any atom is -0.493 e. The minimum absolute atomic E-state index is 0.184. The topological polar surface area (TPSA) is 79.5 Å². The number of carbonyl (C=O) groups is 1. The number of nitrogens with zero attached hydrogens (tertiary/aromatic N) is 1. The first-order chi connectivity index (χ1) is 9.63. The number of methoxy groups -OCH3 is 1. The van der Waals surface area contributed by atoms with E-state index in [1.165, 1.54) is 19.2 Å². The lowest BCUT2D eigenvalue weighted by Crippen LogP contribution is -1.96. The van der Waals surface area contributed by atoms with Gasteiger partial charge in [-0.05, 0) is 36.4 Å². The summed E-state index contributed by atoms with van der Waals surface area (Å²) in [5.74, 6) is 0.381. The second kappa shape index (κ2) is 5.76. The van der Waals surface area contributed by atoms with Gasteiger partial charge >= 0.3 is 5.97 Å². The fourth-order valence-electron chi connectivity index (χ4n) is 1.61. The van der Waals surface area contributed by atoms with Gasteiger partial charge in [0.05, 0.1) is 24.3 Å². The third kappa shape index (κ3) is 2.87. The van der Waals surface area contributed by atoms with Crippen LogP contribution >= 0.6 is 0 Å². The van der Waals surface area contributed by atoms with Gasteiger partial charge in [-0.3, -0.25) is 0 Å². The van der Waals surface area contributed by atoms with Gasteiger partial charge in [0.1, 0.15) is 5.75 Å². The molecule has 0 spiro atoms. The van der Waals surface area contributed by atoms with Crippen molar-refractivity contribution in [2.45, 2.75) is 0 Å². The summed E-state index contributed by atoms with van der Waals surface area (Å²) in [5.41, 5.74) is 0.652. The van der Waals surface area contributed by atoms with E-state index in [4.69, 9.17) is 19.8 Å². The van der Waals surface area contributed by atoms with E-state index < -0.39 is 5.97 Å². The molecule has 0 aliphatic carbocycles. The number of carboxylic acids is 1. The third-order valence-electron chi connectivity index (χ3n) is 2.62. The average Bonchev–Trinajstić information content (AvgIpc) is 2.48. The molecule has 0 saturated carbocycles. The Morgan fingerprint density at radius 3 is 2.40 bits per heavy atom. The van der Waals surface area contributed by atoms with E-state index in [1.807, 2.05) is 6.07 Å². The highest BCUT2D eigenvalue weighted by atomic mass is 16.5. The number of benzene rings is 2. The van der Waals surface area contributed by atoms with Crippen LogP contribution in [0.1, 0.15) is 15.9 Å². The maximum absolute atomic E-state index is 10.8. The van der Waals surface area contributed by atoms with Crippen molar-refractivity contribution in [1.82, 2.24) is 0 Å². The van der Waals surface area contributed by atoms with E-state index in [2.05, 4.69) is 0 Å². The molecule has 5 heteroatoms. The average molecular weight is 269 g/mol. The maximum Gasteiger partial charge on any atom is 0.335 e. The first-order valence-electron chi connectivity index (χ1n) is 5.73. The number of nitriles is 1. The highest BCUT2D eigenvalue weighted by Crippen LogP contribution is 2.32. The van der Waals surface area contributed by atoms with E-state index in [1.54, 1.807) is 30.3 Å². The first-order valence-corrected chi connectivity index (χ1v) is 5.73. The van der Waals surface area contributed by atoms with E-state index in [9.17, 15) is 4.79 Å². The monoisotopic (exact) mass is 269 g/mol. The predicted molar refractivity (Wildman–Crippen MR) is 71.2 cm³/mol. The molecule has 2 aromatic carbocycles. The van der Waals surface area contributed by atoms with Gasteiger partial charge in [0.25, 0.3) is 0 Å². The van der Waals surface area contributed by atoms with Crippen LogP contribution < -0.4 is 9.47 Å². The Kier molecular flexibility index (Phi) is 3.87. The molecule has 1 N–H and O–H groups in total. The van der Waals surface area contributed by atoms with Crippen LogP contribution in [-0.2, 0) is 0 Å². The molecule has 0 radical (unpaired) electrons. The summed E-state index contributed by atoms with van der Waals surface area (Å²) < 4.78 is 10.8. The molecule has 0 aliphatic heterocycles. The van der Waals surface area contributed by atoms with Crippen molar-refractivity contribution in [2.24, 2.45) is 0 Å². The number of carboxylic acid groups (broad SMARTS) is 1. The van der Waals surface area contributed by atoms with E-state index >= 15 is 0 Å². The van der Waals surface area contributed by atoms with Gasteiger partial charge in [-0.15, -0.1) is 0 Å². The quantitative estimate of drug-likeness (QED) is 0.922. The molecule has 0 amide bonds. The second-order valence-corrected chi connectivity index (χ2v) is 3.91. The van der Waals surface area contributed by atoms with E-state index in [0.29, 0.717) is 22.8 Å². The molecule has 100 valence electrons. The molecular formula is C15H11NO4. The minimum atomic E-state index is -0.993. The number of hydrogen-bond acceptors (Lipinski definition) is 4. The van der Waals surface area contributed by atoms with E-state index in [0.717, 1.165) is 0 Å². The van der Waals surface area contributed by atoms with Crippen molar-refractivity contribution < 1.29 is 19.4 Å². The summed E-state index contributed by atoms with van der Waals surface area (Å²) in [5, 5.41) is 17.6. The predicted octanol–water partition coefficient (Wildman–Crippen LogP) is 3.06. The van der Waals surface area contributed by atoms with Crippen molar-refractivity contribution >= 4 is 5.97 Å². The van der Waals surface area contributed by atoms with Gasteiger partial charge in [0.2, 0.25) is 0 Å². The molecule has 2 rings (SSSR count). The highest BCUT2D eigenvalue weighted by molar-refractivity contribution is 5.87. The molecule has 0 aromatic heterocycles. The van der Waals surface area contributed by atoms with Crippen molar-refractivity contribution in [3.05, 3.63) is 53.6 Å². The Bertz CT molecular complexity index is 671. The number of hydrogen-bond donors (Lipinski definition) is 1. The van der Waals surface area contributed by atoms with Crippen LogP contribution in [0.15, 0.2) is 42.5 Å². The maximum atomic E-state index is 10.8. The van der Waals surface area contributed by atoms with Crippen molar-refractivity contribution in [2.75, 3.05) is 7.11 Å². The largest absolute Gasteiger partial charge is 0.493 e. The van der Waals surface area contributed by atoms with Gasteiger partial charge in [0.15, 0.2) is 11.5 Å². The normalized spacial score (nSPS) is 9.60. The van der Waals surface area contributed by atoms with Gasteiger partial charge in [-0.2, -0.15) is 5.26 Å². The lowest BCUT2D eigenvalue weighted by atomic mass is 10.2. The molecule has 2 aromatic rings. The van der Waals surface area contributed by atoms with Crippen LogP contribution in [-0.4, -0.2) is 18.2 Å². The molecule has 0 bridgehead atoms. The molecule has 0 aliphatic rings. The fraction of sp³-hybridized carbons (Fsp3) is 0.0667. The van der Waals surface area contributed by atoms with Gasteiger partial charge in [-0.25, -0.2) is 4.79 Å². The Hall–Kier alpha value is -3.00. The first kappa shape index (κ1) is 13.4. The van der Waals surface area contributed by atoms with Gasteiger partial charge < -0.3 is 14.6 Å². The zero-order valence-corrected chi connectivity index (χ0v) is 10.7. The smallest absolute Gasteiger partial charge is 0.335 e. The molecule has 0 heterocycles. The molecular weight excluding hydrogens is 258 g/mol. The zero-order chi connectivity index (χ0) is 14.5. The summed E-state index contributed by atoms with van der Waals surface area (Å²) in [6, 6.07) is 12.8. The van der Waals surface area contributed by atoms with Crippen LogP contribution in [0.3, 0.4) is 0 Å². The van der Waals surface area contributed by atoms with Crippen LogP contribution in [0.2, 0.25) is 0 Å². The van der Waals surface area contributed by atoms with Gasteiger partial charge in [0, 0.05) is 6.07 Å². The van der Waals surface area contributed by atoms with Gasteiger partial charge in [-0.1, -0.05) is 0 Å². The Morgan fingerprint density at radius 1 is 1.15 bits per heavy atom. The zero-order valence-electron chi connectivity index (χ0n) is 10.7. The van der Waals surface area contributed by atoms with E-state index in [-0.39, 0.29) is 5.56 Å². The molecule has 0 unspecified atom stereocenters. The third-order valence-corrected chi connectivity index (χ3v) is 2.62. The Morgan fingerprint density at radius 2 is 1.85 bits per heavy atom. The molecule has 0 fully saturated rings. The Balaban J connectivity index is 2.25. The molecule has 0 atom stereocenters. The highest BCUT2D eigenvalue weighted by Gasteiger charge is 2.08. The van der Waals surface area contributed by atoms with Crippen LogP contribution in [0, 0.1) is 11.3 Å². The summed E-state index contributed by atoms with van der Waals surface area (Å²) in [6.07, 6.45) is 0. The number of ether oxygens (including phenoxy) is 2. The summed E-state index contributed by atoms with van der Waals surface area (Å²) in [7, 11) is 1.48. The van der Waals surface area contributed by atoms with Crippen LogP contribution in [0.4, 0.5) is 0 Å². The van der Waals surface area contributed by atoms with Crippen LogP contribution in [0.25, 0.3) is 0 Å². The standard InChI is InChI=1S/C15H11NO4/c1-19-14-8-10(9-16)2-7-13(14)20-12-5-3-11(4-6-12)15(17)18/h2-8H,1H3,(H,17,18). The lowest BCUT2D eigenvalue weighted by Gasteiger charge is -2.10. The summed E-state index contributed by atoms with van der Waals surface area (Å²) >= 11 is 0. The lowest BCUT2D eigenvalue weighted by molar-refractivity contribution is 0.0697. The fourth-order valence-corrected chi connectivity index (χ4v) is 1.61. The molecule has 20 heavy (non-hydrogen) atoms. The van der Waals surface area contributed by atoms with Crippen LogP contribution in [0.5, 0.6) is 17.2 Å². The number of rotatable bonds is 4. The summed E-state index contributed by atoms with van der Waals surface area (Å²) in [4.78, 5) is 10.8. The van der Waals surface area contributed by atoms with Crippen molar-refractivity contribution in [3.8, 4) is 23.3 Å². The molecule has 5 nitrogen and oxygen atoms in total. The number of aromatic carboxylic acids is 1.